The van der Waals surface area contributed by atoms with Crippen LogP contribution >= 0.6 is 0 Å². The van der Waals surface area contributed by atoms with Crippen LogP contribution in [0.3, 0.4) is 0 Å². The maximum Gasteiger partial charge on any atom is 0.0194 e. The first-order valence-electron chi connectivity index (χ1n) is 6.83. The molecule has 1 aliphatic heterocycles. The molecule has 0 aromatic carbocycles. The molecular weight excluding hydrogens is 198 g/mol. The number of nitrogens with two attached hydrogens (primary N) is 1. The number of nitrogens with zero attached hydrogens (tertiary/aromatic N) is 2. The summed E-state index contributed by atoms with van der Waals surface area (Å²) in [6.45, 7) is 7.40. The minimum atomic E-state index is 0.481. The van der Waals surface area contributed by atoms with Gasteiger partial charge in [-0.2, -0.15) is 0 Å². The first-order chi connectivity index (χ1) is 7.65. The van der Waals surface area contributed by atoms with Gasteiger partial charge in [0.05, 0.1) is 0 Å². The van der Waals surface area contributed by atoms with E-state index >= 15 is 0 Å². The van der Waals surface area contributed by atoms with Crippen LogP contribution in [0.2, 0.25) is 0 Å². The third-order valence-electron chi connectivity index (χ3n) is 4.26. The average molecular weight is 225 g/mol. The zero-order chi connectivity index (χ0) is 11.5. The fraction of sp³-hybridized carbons (Fsp3) is 1.00. The summed E-state index contributed by atoms with van der Waals surface area (Å²) in [7, 11) is 2.24. The SMILES string of the molecule is CC1CN(C)CCCN1CC1CCC(N)C1. The first kappa shape index (κ1) is 12.3. The molecule has 1 saturated heterocycles. The van der Waals surface area contributed by atoms with E-state index < -0.39 is 0 Å². The Morgan fingerprint density at radius 2 is 2.06 bits per heavy atom. The monoisotopic (exact) mass is 225 g/mol. The standard InChI is InChI=1S/C13H27N3/c1-11-9-15(2)6-3-7-16(11)10-12-4-5-13(14)8-12/h11-13H,3-10,14H2,1-2H3. The molecule has 0 radical (unpaired) electrons. The number of rotatable bonds is 2. The van der Waals surface area contributed by atoms with Gasteiger partial charge in [-0.15, -0.1) is 0 Å². The number of hydrogen-bond donors (Lipinski definition) is 1. The zero-order valence-electron chi connectivity index (χ0n) is 10.9. The summed E-state index contributed by atoms with van der Waals surface area (Å²) in [5.41, 5.74) is 5.99. The second-order valence-electron chi connectivity index (χ2n) is 5.90. The number of hydrogen-bond acceptors (Lipinski definition) is 3. The van der Waals surface area contributed by atoms with Gasteiger partial charge in [-0.25, -0.2) is 0 Å². The molecule has 1 saturated carbocycles. The summed E-state index contributed by atoms with van der Waals surface area (Å²) >= 11 is 0. The fourth-order valence-corrected chi connectivity index (χ4v) is 3.30. The van der Waals surface area contributed by atoms with Crippen LogP contribution in [0, 0.1) is 5.92 Å². The second kappa shape index (κ2) is 5.48. The highest BCUT2D eigenvalue weighted by atomic mass is 15.2. The van der Waals surface area contributed by atoms with E-state index in [0.717, 1.165) is 5.92 Å². The van der Waals surface area contributed by atoms with Crippen molar-refractivity contribution in [3.8, 4) is 0 Å². The number of likely N-dealkylation sites (N-methyl/N-ethyl adjacent to an activating group) is 1. The fourth-order valence-electron chi connectivity index (χ4n) is 3.30. The van der Waals surface area contributed by atoms with E-state index in [-0.39, 0.29) is 0 Å². The lowest BCUT2D eigenvalue weighted by atomic mass is 10.1. The Labute approximate surface area is 100.0 Å². The van der Waals surface area contributed by atoms with Crippen molar-refractivity contribution in [3.63, 3.8) is 0 Å². The Balaban J connectivity index is 1.83. The van der Waals surface area contributed by atoms with Gasteiger partial charge in [-0.3, -0.25) is 4.90 Å². The summed E-state index contributed by atoms with van der Waals surface area (Å²) in [6, 6.07) is 1.19. The van der Waals surface area contributed by atoms with Crippen LogP contribution in [0.25, 0.3) is 0 Å². The molecule has 3 heteroatoms. The lowest BCUT2D eigenvalue weighted by molar-refractivity contribution is 0.174. The van der Waals surface area contributed by atoms with Crippen molar-refractivity contribution in [2.24, 2.45) is 11.7 Å². The topological polar surface area (TPSA) is 32.5 Å². The molecule has 3 unspecified atom stereocenters. The third-order valence-corrected chi connectivity index (χ3v) is 4.26. The zero-order valence-corrected chi connectivity index (χ0v) is 10.9. The summed E-state index contributed by atoms with van der Waals surface area (Å²) in [6.07, 6.45) is 5.16. The van der Waals surface area contributed by atoms with E-state index in [0.29, 0.717) is 12.1 Å². The van der Waals surface area contributed by atoms with Gasteiger partial charge in [0.15, 0.2) is 0 Å². The van der Waals surface area contributed by atoms with E-state index in [4.69, 9.17) is 5.73 Å². The van der Waals surface area contributed by atoms with E-state index in [2.05, 4.69) is 23.8 Å². The molecule has 0 aromatic rings. The smallest absolute Gasteiger partial charge is 0.0194 e. The molecule has 1 heterocycles. The molecule has 94 valence electrons. The van der Waals surface area contributed by atoms with Gasteiger partial charge >= 0.3 is 0 Å². The van der Waals surface area contributed by atoms with Gasteiger partial charge in [-0.1, -0.05) is 0 Å². The van der Waals surface area contributed by atoms with Crippen molar-refractivity contribution in [1.29, 1.82) is 0 Å². The minimum Gasteiger partial charge on any atom is -0.328 e. The van der Waals surface area contributed by atoms with E-state index in [1.54, 1.807) is 0 Å². The van der Waals surface area contributed by atoms with Gasteiger partial charge in [0.25, 0.3) is 0 Å². The van der Waals surface area contributed by atoms with Crippen LogP contribution in [0.1, 0.15) is 32.6 Å². The average Bonchev–Trinajstić information content (AvgIpc) is 2.55. The van der Waals surface area contributed by atoms with Crippen LogP contribution in [0.15, 0.2) is 0 Å². The van der Waals surface area contributed by atoms with E-state index in [1.807, 2.05) is 0 Å². The van der Waals surface area contributed by atoms with Gasteiger partial charge in [0.1, 0.15) is 0 Å². The molecule has 3 atom stereocenters. The van der Waals surface area contributed by atoms with Crippen molar-refractivity contribution in [2.45, 2.75) is 44.7 Å². The van der Waals surface area contributed by atoms with Crippen molar-refractivity contribution in [2.75, 3.05) is 33.2 Å². The lowest BCUT2D eigenvalue weighted by Gasteiger charge is -2.30. The predicted molar refractivity (Wildman–Crippen MR) is 68.5 cm³/mol. The normalized spacial score (nSPS) is 38.8. The Morgan fingerprint density at radius 3 is 2.75 bits per heavy atom. The van der Waals surface area contributed by atoms with E-state index in [9.17, 15) is 0 Å². The molecule has 2 rings (SSSR count). The van der Waals surface area contributed by atoms with Gasteiger partial charge in [0.2, 0.25) is 0 Å². The highest BCUT2D eigenvalue weighted by Crippen LogP contribution is 2.26. The molecule has 0 aromatic heterocycles. The molecule has 1 aliphatic carbocycles. The van der Waals surface area contributed by atoms with Crippen molar-refractivity contribution in [3.05, 3.63) is 0 Å². The molecule has 16 heavy (non-hydrogen) atoms. The Bertz CT molecular complexity index is 219. The van der Waals surface area contributed by atoms with Crippen LogP contribution in [-0.2, 0) is 0 Å². The van der Waals surface area contributed by atoms with Crippen molar-refractivity contribution >= 4 is 0 Å². The Morgan fingerprint density at radius 1 is 1.25 bits per heavy atom. The molecule has 0 amide bonds. The Hall–Kier alpha value is -0.120. The maximum atomic E-state index is 5.99. The molecule has 2 N–H and O–H groups in total. The second-order valence-corrected chi connectivity index (χ2v) is 5.90. The predicted octanol–water partition coefficient (Wildman–Crippen LogP) is 1.14. The van der Waals surface area contributed by atoms with Crippen molar-refractivity contribution in [1.82, 2.24) is 9.80 Å². The third kappa shape index (κ3) is 3.19. The quantitative estimate of drug-likeness (QED) is 0.765. The molecule has 0 bridgehead atoms. The largest absolute Gasteiger partial charge is 0.328 e. The van der Waals surface area contributed by atoms with E-state index in [1.165, 1.54) is 51.9 Å². The van der Waals surface area contributed by atoms with Crippen LogP contribution in [-0.4, -0.2) is 55.1 Å². The van der Waals surface area contributed by atoms with Crippen LogP contribution in [0.5, 0.6) is 0 Å². The van der Waals surface area contributed by atoms with Gasteiger partial charge in [0, 0.05) is 25.2 Å². The highest BCUT2D eigenvalue weighted by molar-refractivity contribution is 4.83. The summed E-state index contributed by atoms with van der Waals surface area (Å²) in [5.74, 6) is 0.862. The Kier molecular flexibility index (Phi) is 4.22. The van der Waals surface area contributed by atoms with Gasteiger partial charge in [-0.05, 0) is 58.7 Å². The minimum absolute atomic E-state index is 0.481. The molecular formula is C13H27N3. The van der Waals surface area contributed by atoms with Crippen LogP contribution in [0.4, 0.5) is 0 Å². The summed E-state index contributed by atoms with van der Waals surface area (Å²) in [4.78, 5) is 5.15. The van der Waals surface area contributed by atoms with Gasteiger partial charge < -0.3 is 10.6 Å². The molecule has 2 fully saturated rings. The van der Waals surface area contributed by atoms with Crippen LogP contribution < -0.4 is 5.73 Å². The molecule has 0 spiro atoms. The first-order valence-corrected chi connectivity index (χ1v) is 6.83. The highest BCUT2D eigenvalue weighted by Gasteiger charge is 2.26. The molecule has 2 aliphatic rings. The van der Waals surface area contributed by atoms with Crippen molar-refractivity contribution < 1.29 is 0 Å². The maximum absolute atomic E-state index is 5.99. The summed E-state index contributed by atoms with van der Waals surface area (Å²) in [5, 5.41) is 0. The summed E-state index contributed by atoms with van der Waals surface area (Å²) < 4.78 is 0. The lowest BCUT2D eigenvalue weighted by Crippen LogP contribution is -2.40. The molecule has 3 nitrogen and oxygen atoms in total.